The summed E-state index contributed by atoms with van der Waals surface area (Å²) < 4.78 is 2.00. The van der Waals surface area contributed by atoms with Crippen LogP contribution in [0.4, 0.5) is 17.2 Å². The fourth-order valence-electron chi connectivity index (χ4n) is 4.48. The van der Waals surface area contributed by atoms with E-state index < -0.39 is 5.60 Å². The summed E-state index contributed by atoms with van der Waals surface area (Å²) in [5.74, 6) is 0.709. The predicted molar refractivity (Wildman–Crippen MR) is 127 cm³/mol. The van der Waals surface area contributed by atoms with Crippen LogP contribution in [0.3, 0.4) is 0 Å². The third-order valence-corrected chi connectivity index (χ3v) is 6.25. The first-order chi connectivity index (χ1) is 15.5. The van der Waals surface area contributed by atoms with E-state index in [1.807, 2.05) is 42.1 Å². The van der Waals surface area contributed by atoms with Crippen molar-refractivity contribution in [2.75, 3.05) is 23.3 Å². The summed E-state index contributed by atoms with van der Waals surface area (Å²) in [6.07, 6.45) is 8.44. The Kier molecular flexibility index (Phi) is 4.26. The smallest absolute Gasteiger partial charge is 0.180 e. The van der Waals surface area contributed by atoms with E-state index in [1.165, 1.54) is 11.1 Å². The second-order valence-electron chi connectivity index (χ2n) is 8.86. The quantitative estimate of drug-likeness (QED) is 0.517. The standard InChI is InChI=1S/C25H24N6O/c1-25(32)8-10-31(16-25)21-6-4-20(5-7-21)28-23-24-27-9-11-30(24)15-22(29-23)17-2-3-18-13-26-14-19(18)12-17/h2-7,9,11-13,15,32H,8,10,14,16H2,1H3,(H,28,29)/t25-/m1/s1. The van der Waals surface area contributed by atoms with E-state index in [4.69, 9.17) is 4.98 Å². The Bertz CT molecular complexity index is 1340. The maximum Gasteiger partial charge on any atom is 0.180 e. The summed E-state index contributed by atoms with van der Waals surface area (Å²) in [6.45, 7) is 4.14. The number of hydrogen-bond acceptors (Lipinski definition) is 6. The van der Waals surface area contributed by atoms with Crippen LogP contribution in [0.5, 0.6) is 0 Å². The average molecular weight is 425 g/mol. The molecule has 7 nitrogen and oxygen atoms in total. The first-order valence-electron chi connectivity index (χ1n) is 10.9. The van der Waals surface area contributed by atoms with Gasteiger partial charge in [0.05, 0.1) is 17.8 Å². The lowest BCUT2D eigenvalue weighted by atomic mass is 10.0. The number of aromatic nitrogens is 3. The molecule has 2 aromatic heterocycles. The fourth-order valence-corrected chi connectivity index (χ4v) is 4.48. The average Bonchev–Trinajstić information content (AvgIpc) is 3.52. The molecular weight excluding hydrogens is 400 g/mol. The molecule has 0 saturated carbocycles. The van der Waals surface area contributed by atoms with Gasteiger partial charge in [0.2, 0.25) is 0 Å². The highest BCUT2D eigenvalue weighted by molar-refractivity contribution is 5.86. The molecule has 2 N–H and O–H groups in total. The van der Waals surface area contributed by atoms with Crippen molar-refractivity contribution < 1.29 is 5.11 Å². The van der Waals surface area contributed by atoms with Crippen molar-refractivity contribution in [2.45, 2.75) is 25.5 Å². The molecule has 0 amide bonds. The number of nitrogens with one attached hydrogen (secondary N) is 1. The van der Waals surface area contributed by atoms with Crippen LogP contribution in [0.1, 0.15) is 24.5 Å². The number of aliphatic imine (C=N–C) groups is 1. The Morgan fingerprint density at radius 1 is 1.12 bits per heavy atom. The van der Waals surface area contributed by atoms with Crippen molar-refractivity contribution in [3.63, 3.8) is 0 Å². The van der Waals surface area contributed by atoms with E-state index in [1.54, 1.807) is 6.20 Å². The molecule has 2 aliphatic heterocycles. The zero-order chi connectivity index (χ0) is 21.7. The summed E-state index contributed by atoms with van der Waals surface area (Å²) in [5.41, 5.74) is 6.55. The van der Waals surface area contributed by atoms with Crippen molar-refractivity contribution in [1.82, 2.24) is 14.4 Å². The zero-order valence-electron chi connectivity index (χ0n) is 17.9. The number of nitrogens with zero attached hydrogens (tertiary/aromatic N) is 5. The van der Waals surface area contributed by atoms with Gasteiger partial charge >= 0.3 is 0 Å². The van der Waals surface area contributed by atoms with Crippen LogP contribution >= 0.6 is 0 Å². The molecule has 32 heavy (non-hydrogen) atoms. The molecule has 7 heteroatoms. The van der Waals surface area contributed by atoms with Gasteiger partial charge in [-0.15, -0.1) is 0 Å². The highest BCUT2D eigenvalue weighted by atomic mass is 16.3. The molecule has 4 heterocycles. The Balaban J connectivity index is 1.30. The van der Waals surface area contributed by atoms with E-state index >= 15 is 0 Å². The Labute approximate surface area is 186 Å². The number of anilines is 3. The van der Waals surface area contributed by atoms with Crippen molar-refractivity contribution in [1.29, 1.82) is 0 Å². The Hall–Kier alpha value is -3.71. The van der Waals surface area contributed by atoms with Crippen LogP contribution in [0.15, 0.2) is 66.0 Å². The van der Waals surface area contributed by atoms with Gasteiger partial charge in [-0.25, -0.2) is 9.97 Å². The third kappa shape index (κ3) is 3.40. The molecule has 160 valence electrons. The maximum atomic E-state index is 10.2. The maximum absolute atomic E-state index is 10.2. The van der Waals surface area contributed by atoms with Gasteiger partial charge in [0.15, 0.2) is 11.5 Å². The molecule has 2 aliphatic rings. The molecule has 1 saturated heterocycles. The number of rotatable bonds is 4. The van der Waals surface area contributed by atoms with Gasteiger partial charge in [-0.3, -0.25) is 4.99 Å². The monoisotopic (exact) mass is 424 g/mol. The number of hydrogen-bond donors (Lipinski definition) is 2. The van der Waals surface area contributed by atoms with Crippen molar-refractivity contribution >= 4 is 29.1 Å². The summed E-state index contributed by atoms with van der Waals surface area (Å²) in [7, 11) is 0. The molecule has 0 aliphatic carbocycles. The van der Waals surface area contributed by atoms with Gasteiger partial charge in [-0.1, -0.05) is 12.1 Å². The van der Waals surface area contributed by atoms with E-state index in [-0.39, 0.29) is 0 Å². The van der Waals surface area contributed by atoms with Gasteiger partial charge in [-0.05, 0) is 54.8 Å². The topological polar surface area (TPSA) is 78.0 Å². The van der Waals surface area contributed by atoms with E-state index in [9.17, 15) is 5.11 Å². The molecule has 1 fully saturated rings. The van der Waals surface area contributed by atoms with Crippen molar-refractivity contribution in [2.24, 2.45) is 4.99 Å². The van der Waals surface area contributed by atoms with E-state index in [0.717, 1.165) is 47.8 Å². The minimum atomic E-state index is -0.614. The molecule has 4 aromatic rings. The van der Waals surface area contributed by atoms with Crippen LogP contribution in [0.2, 0.25) is 0 Å². The Morgan fingerprint density at radius 2 is 2.00 bits per heavy atom. The van der Waals surface area contributed by atoms with Crippen LogP contribution in [-0.4, -0.2) is 44.4 Å². The second-order valence-corrected chi connectivity index (χ2v) is 8.86. The van der Waals surface area contributed by atoms with Gasteiger partial charge in [0, 0.05) is 54.8 Å². The van der Waals surface area contributed by atoms with Gasteiger partial charge < -0.3 is 19.7 Å². The minimum absolute atomic E-state index is 0.614. The van der Waals surface area contributed by atoms with Crippen molar-refractivity contribution in [3.05, 3.63) is 72.2 Å². The van der Waals surface area contributed by atoms with Gasteiger partial charge in [-0.2, -0.15) is 0 Å². The van der Waals surface area contributed by atoms with Gasteiger partial charge in [0.1, 0.15) is 0 Å². The predicted octanol–water partition coefficient (Wildman–Crippen LogP) is 4.03. The van der Waals surface area contributed by atoms with E-state index in [2.05, 4.69) is 50.5 Å². The minimum Gasteiger partial charge on any atom is -0.388 e. The fraction of sp³-hybridized carbons (Fsp3) is 0.240. The highest BCUT2D eigenvalue weighted by Crippen LogP contribution is 2.30. The largest absolute Gasteiger partial charge is 0.388 e. The van der Waals surface area contributed by atoms with Crippen LogP contribution < -0.4 is 10.2 Å². The zero-order valence-corrected chi connectivity index (χ0v) is 17.9. The molecule has 1 atom stereocenters. The Morgan fingerprint density at radius 3 is 2.81 bits per heavy atom. The number of β-amino-alcohol motifs (C(OH)–C–C–N with tert-alkyl or cyclic N) is 1. The molecule has 0 bridgehead atoms. The third-order valence-electron chi connectivity index (χ3n) is 6.25. The molecule has 0 unspecified atom stereocenters. The van der Waals surface area contributed by atoms with Crippen LogP contribution in [0, 0.1) is 0 Å². The number of fused-ring (bicyclic) bond motifs is 2. The summed E-state index contributed by atoms with van der Waals surface area (Å²) in [6, 6.07) is 14.6. The number of imidazole rings is 1. The lowest BCUT2D eigenvalue weighted by Crippen LogP contribution is -2.29. The lowest BCUT2D eigenvalue weighted by Gasteiger charge is -2.21. The summed E-state index contributed by atoms with van der Waals surface area (Å²) >= 11 is 0. The normalized spacial score (nSPS) is 19.6. The molecular formula is C25H24N6O. The lowest BCUT2D eigenvalue weighted by molar-refractivity contribution is 0.0839. The molecule has 0 radical (unpaired) electrons. The summed E-state index contributed by atoms with van der Waals surface area (Å²) in [5, 5.41) is 13.7. The first-order valence-corrected chi connectivity index (χ1v) is 10.9. The molecule has 0 spiro atoms. The first kappa shape index (κ1) is 19.0. The highest BCUT2D eigenvalue weighted by Gasteiger charge is 2.31. The van der Waals surface area contributed by atoms with Gasteiger partial charge in [0.25, 0.3) is 0 Å². The van der Waals surface area contributed by atoms with Crippen molar-refractivity contribution in [3.8, 4) is 11.3 Å². The molecule has 2 aromatic carbocycles. The SMILES string of the molecule is C[C@@]1(O)CCN(c2ccc(Nc3nc(-c4ccc5c(c4)CN=C5)cn4ccnc34)cc2)C1. The summed E-state index contributed by atoms with van der Waals surface area (Å²) in [4.78, 5) is 16.0. The van der Waals surface area contributed by atoms with Crippen LogP contribution in [-0.2, 0) is 6.54 Å². The second kappa shape index (κ2) is 7.17. The number of benzene rings is 2. The van der Waals surface area contributed by atoms with Crippen LogP contribution in [0.25, 0.3) is 16.9 Å². The van der Waals surface area contributed by atoms with E-state index in [0.29, 0.717) is 12.4 Å². The number of aliphatic hydroxyl groups is 1. The molecule has 6 rings (SSSR count).